The number of halogens is 11. The van der Waals surface area contributed by atoms with Crippen LogP contribution in [-0.2, 0) is 6.18 Å². The topological polar surface area (TPSA) is 48.7 Å². The van der Waals surface area contributed by atoms with Crippen molar-refractivity contribution in [1.29, 1.82) is 0 Å². The van der Waals surface area contributed by atoms with Crippen LogP contribution in [0.25, 0.3) is 11.1 Å². The number of nitrogens with zero attached hydrogens (tertiary/aromatic N) is 3. The lowest BCUT2D eigenvalue weighted by Crippen LogP contribution is -2.62. The van der Waals surface area contributed by atoms with Crippen LogP contribution in [0.15, 0.2) is 65.9 Å². The van der Waals surface area contributed by atoms with E-state index < -0.39 is 65.3 Å². The van der Waals surface area contributed by atoms with E-state index in [2.05, 4.69) is 10.1 Å². The Morgan fingerprint density at radius 1 is 0.769 bits per heavy atom. The number of pyridine rings is 1. The number of hydrazone groups is 1. The zero-order valence-corrected chi connectivity index (χ0v) is 19.0. The van der Waals surface area contributed by atoms with Crippen LogP contribution in [0.2, 0.25) is 0 Å². The number of aromatic nitrogens is 1. The normalized spacial score (nSPS) is 17.0. The van der Waals surface area contributed by atoms with E-state index in [1.165, 1.54) is 24.3 Å². The lowest BCUT2D eigenvalue weighted by atomic mass is 9.89. The summed E-state index contributed by atoms with van der Waals surface area (Å²) in [5.74, 6) is -2.42. The van der Waals surface area contributed by atoms with Crippen LogP contribution in [0.5, 0.6) is 0 Å². The summed E-state index contributed by atoms with van der Waals surface area (Å²) in [6.45, 7) is 0. The van der Waals surface area contributed by atoms with Crippen molar-refractivity contribution in [2.24, 2.45) is 5.10 Å². The van der Waals surface area contributed by atoms with Crippen LogP contribution >= 0.6 is 0 Å². The van der Waals surface area contributed by atoms with E-state index in [0.717, 1.165) is 18.3 Å². The van der Waals surface area contributed by atoms with Gasteiger partial charge < -0.3 is 5.11 Å². The average molecular weight is 569 g/mol. The molecular weight excluding hydrogens is 555 g/mol. The van der Waals surface area contributed by atoms with Gasteiger partial charge in [0.2, 0.25) is 0 Å². The highest BCUT2D eigenvalue weighted by atomic mass is 19.4. The van der Waals surface area contributed by atoms with Gasteiger partial charge in [-0.1, -0.05) is 30.3 Å². The Labute approximate surface area is 212 Å². The summed E-state index contributed by atoms with van der Waals surface area (Å²) in [7, 11) is 0. The molecule has 1 atom stereocenters. The number of benzene rings is 2. The fraction of sp³-hybridized carbons (Fsp3) is 0.250. The Morgan fingerprint density at radius 2 is 1.36 bits per heavy atom. The summed E-state index contributed by atoms with van der Waals surface area (Å²) in [6.07, 6.45) is -17.4. The van der Waals surface area contributed by atoms with Gasteiger partial charge in [0.05, 0.1) is 17.4 Å². The van der Waals surface area contributed by atoms with Crippen molar-refractivity contribution in [2.45, 2.75) is 36.6 Å². The first-order valence-electron chi connectivity index (χ1n) is 10.7. The molecule has 0 bridgehead atoms. The van der Waals surface area contributed by atoms with Crippen molar-refractivity contribution in [3.05, 3.63) is 83.7 Å². The van der Waals surface area contributed by atoms with Crippen LogP contribution in [0, 0.1) is 11.6 Å². The maximum atomic E-state index is 14.5. The van der Waals surface area contributed by atoms with Gasteiger partial charge in [-0.05, 0) is 29.3 Å². The third-order valence-electron chi connectivity index (χ3n) is 5.99. The van der Waals surface area contributed by atoms with Crippen molar-refractivity contribution in [1.82, 2.24) is 4.98 Å². The van der Waals surface area contributed by atoms with Gasteiger partial charge in [0.1, 0.15) is 11.5 Å². The van der Waals surface area contributed by atoms with Crippen molar-refractivity contribution >= 4 is 11.4 Å². The summed E-state index contributed by atoms with van der Waals surface area (Å²) < 4.78 is 147. The Balaban J connectivity index is 1.75. The first kappa shape index (κ1) is 28.3. The Bertz CT molecular complexity index is 1360. The lowest BCUT2D eigenvalue weighted by Gasteiger charge is -2.32. The second-order valence-corrected chi connectivity index (χ2v) is 8.46. The van der Waals surface area contributed by atoms with Crippen LogP contribution < -0.4 is 5.01 Å². The fourth-order valence-corrected chi connectivity index (χ4v) is 4.00. The molecule has 208 valence electrons. The number of alkyl halides is 9. The Morgan fingerprint density at radius 3 is 1.85 bits per heavy atom. The molecule has 4 nitrogen and oxygen atoms in total. The van der Waals surface area contributed by atoms with Crippen LogP contribution in [0.1, 0.15) is 23.7 Å². The van der Waals surface area contributed by atoms with Gasteiger partial charge in [0, 0.05) is 24.2 Å². The minimum atomic E-state index is -6.24. The Hall–Kier alpha value is -3.75. The van der Waals surface area contributed by atoms with E-state index in [4.69, 9.17) is 0 Å². The molecule has 1 unspecified atom stereocenters. The maximum Gasteiger partial charge on any atom is 0.433 e. The van der Waals surface area contributed by atoms with Gasteiger partial charge in [-0.3, -0.25) is 9.99 Å². The molecule has 0 radical (unpaired) electrons. The molecular formula is C24H14F11N3O. The number of aliphatic hydroxyl groups is 1. The molecule has 3 aromatic rings. The highest BCUT2D eigenvalue weighted by Gasteiger charge is 2.74. The first-order chi connectivity index (χ1) is 17.9. The van der Waals surface area contributed by atoms with Crippen LogP contribution in [-0.4, -0.2) is 33.8 Å². The highest BCUT2D eigenvalue weighted by molar-refractivity contribution is 5.97. The van der Waals surface area contributed by atoms with Gasteiger partial charge in [-0.25, -0.2) is 8.78 Å². The number of hydrogen-bond donors (Lipinski definition) is 1. The van der Waals surface area contributed by atoms with Crippen molar-refractivity contribution < 1.29 is 53.4 Å². The van der Waals surface area contributed by atoms with Crippen molar-refractivity contribution in [2.75, 3.05) is 5.01 Å². The minimum Gasteiger partial charge on any atom is -0.369 e. The highest BCUT2D eigenvalue weighted by Crippen LogP contribution is 2.49. The molecule has 2 aromatic carbocycles. The van der Waals surface area contributed by atoms with Crippen molar-refractivity contribution in [3.63, 3.8) is 0 Å². The standard InChI is InChI=1S/C24H14F11N3O/c25-15-6-7-17(16(26)9-15)38-18(10-20(37-38)21(39,23(30,31)32)24(33,34)35)13-3-1-12(2-4-13)14-5-8-19(36-11-14)22(27,28)29/h1-9,11,18,39H,10H2. The molecule has 4 rings (SSSR count). The Kier molecular flexibility index (Phi) is 6.86. The fourth-order valence-electron chi connectivity index (χ4n) is 4.00. The molecule has 1 aromatic heterocycles. The molecule has 1 aliphatic rings. The summed E-state index contributed by atoms with van der Waals surface area (Å²) in [5, 5.41) is 13.6. The molecule has 0 spiro atoms. The summed E-state index contributed by atoms with van der Waals surface area (Å²) in [4.78, 5) is 3.31. The summed E-state index contributed by atoms with van der Waals surface area (Å²) >= 11 is 0. The molecule has 15 heteroatoms. The number of rotatable bonds is 4. The minimum absolute atomic E-state index is 0.00722. The third kappa shape index (κ3) is 5.14. The molecule has 1 N–H and O–H groups in total. The van der Waals surface area contributed by atoms with Crippen LogP contribution in [0.4, 0.5) is 54.0 Å². The quantitative estimate of drug-likeness (QED) is 0.338. The van der Waals surface area contributed by atoms with Gasteiger partial charge in [0.15, 0.2) is 5.82 Å². The first-order valence-corrected chi connectivity index (χ1v) is 10.7. The van der Waals surface area contributed by atoms with Gasteiger partial charge in [-0.15, -0.1) is 0 Å². The molecule has 0 fully saturated rings. The monoisotopic (exact) mass is 569 g/mol. The van der Waals surface area contributed by atoms with E-state index in [1.807, 2.05) is 0 Å². The van der Waals surface area contributed by atoms with E-state index in [1.54, 1.807) is 0 Å². The summed E-state index contributed by atoms with van der Waals surface area (Å²) in [6, 6.07) is 7.18. The second kappa shape index (κ2) is 9.47. The SMILES string of the molecule is OC(C1=NN(c2ccc(F)cc2F)C(c2ccc(-c3ccc(C(F)(F)F)nc3)cc2)C1)(C(F)(F)F)C(F)(F)F. The van der Waals surface area contributed by atoms with E-state index in [9.17, 15) is 53.4 Å². The smallest absolute Gasteiger partial charge is 0.369 e. The van der Waals surface area contributed by atoms with Gasteiger partial charge in [0.25, 0.3) is 5.60 Å². The average Bonchev–Trinajstić information content (AvgIpc) is 3.27. The third-order valence-corrected chi connectivity index (χ3v) is 5.99. The zero-order chi connectivity index (χ0) is 29.0. The van der Waals surface area contributed by atoms with Gasteiger partial charge in [-0.2, -0.15) is 44.6 Å². The largest absolute Gasteiger partial charge is 0.433 e. The van der Waals surface area contributed by atoms with Crippen molar-refractivity contribution in [3.8, 4) is 11.1 Å². The molecule has 2 heterocycles. The molecule has 0 amide bonds. The molecule has 39 heavy (non-hydrogen) atoms. The van der Waals surface area contributed by atoms with E-state index >= 15 is 0 Å². The number of hydrogen-bond acceptors (Lipinski definition) is 4. The molecule has 0 aliphatic carbocycles. The lowest BCUT2D eigenvalue weighted by molar-refractivity contribution is -0.338. The molecule has 0 saturated heterocycles. The van der Waals surface area contributed by atoms with E-state index in [-0.39, 0.29) is 11.1 Å². The predicted octanol–water partition coefficient (Wildman–Crippen LogP) is 7.21. The maximum absolute atomic E-state index is 14.5. The zero-order valence-electron chi connectivity index (χ0n) is 19.0. The molecule has 0 saturated carbocycles. The van der Waals surface area contributed by atoms with Crippen LogP contribution in [0.3, 0.4) is 0 Å². The second-order valence-electron chi connectivity index (χ2n) is 8.46. The summed E-state index contributed by atoms with van der Waals surface area (Å²) in [5.41, 5.74) is -8.45. The molecule has 1 aliphatic heterocycles. The number of anilines is 1. The predicted molar refractivity (Wildman–Crippen MR) is 115 cm³/mol. The van der Waals surface area contributed by atoms with E-state index in [0.29, 0.717) is 28.8 Å². The van der Waals surface area contributed by atoms with Gasteiger partial charge >= 0.3 is 18.5 Å².